The molecule has 0 fully saturated rings. The molecule has 0 amide bonds. The van der Waals surface area contributed by atoms with E-state index in [0.717, 1.165) is 12.8 Å². The van der Waals surface area contributed by atoms with Gasteiger partial charge in [-0.2, -0.15) is 0 Å². The highest BCUT2D eigenvalue weighted by molar-refractivity contribution is 5.21. The van der Waals surface area contributed by atoms with E-state index < -0.39 is 0 Å². The first-order valence-electron chi connectivity index (χ1n) is 4.44. The Hall–Kier alpha value is -1.04. The largest absolute Gasteiger partial charge is 0.0991 e. The van der Waals surface area contributed by atoms with Gasteiger partial charge in [-0.1, -0.05) is 50.0 Å². The number of allylic oxidation sites excluding steroid dienone is 7. The molecule has 0 atom stereocenters. The van der Waals surface area contributed by atoms with Gasteiger partial charge in [-0.25, -0.2) is 0 Å². The van der Waals surface area contributed by atoms with Crippen molar-refractivity contribution in [3.05, 3.63) is 48.6 Å². The van der Waals surface area contributed by atoms with E-state index in [2.05, 4.69) is 37.8 Å². The minimum atomic E-state index is 1.00. The normalized spacial score (nSPS) is 13.0. The standard InChI is InChI=1S/C12H18/c1-4-7-8-11-12(9-5-2)10-6-3/h4-5,7-10H,1,6,11H2,2-3H3/b8-7-,9-5+,12-10-. The lowest BCUT2D eigenvalue weighted by atomic mass is 10.1. The summed E-state index contributed by atoms with van der Waals surface area (Å²) in [5, 5.41) is 0. The Kier molecular flexibility index (Phi) is 7.36. The van der Waals surface area contributed by atoms with Gasteiger partial charge in [0, 0.05) is 0 Å². The van der Waals surface area contributed by atoms with E-state index in [1.165, 1.54) is 5.57 Å². The minimum Gasteiger partial charge on any atom is -0.0991 e. The van der Waals surface area contributed by atoms with Crippen LogP contribution in [0.4, 0.5) is 0 Å². The summed E-state index contributed by atoms with van der Waals surface area (Å²) in [6, 6.07) is 0. The van der Waals surface area contributed by atoms with E-state index in [-0.39, 0.29) is 0 Å². The average molecular weight is 162 g/mol. The highest BCUT2D eigenvalue weighted by Gasteiger charge is 1.85. The third kappa shape index (κ3) is 5.72. The fourth-order valence-electron chi connectivity index (χ4n) is 0.996. The van der Waals surface area contributed by atoms with Gasteiger partial charge in [0.15, 0.2) is 0 Å². The van der Waals surface area contributed by atoms with Crippen LogP contribution in [0.1, 0.15) is 26.7 Å². The molecule has 0 N–H and O–H groups in total. The Morgan fingerprint density at radius 1 is 1.42 bits per heavy atom. The maximum Gasteiger partial charge on any atom is -0.00976 e. The third-order valence-electron chi connectivity index (χ3n) is 1.47. The predicted octanol–water partition coefficient (Wildman–Crippen LogP) is 4.03. The molecule has 0 aromatic rings. The van der Waals surface area contributed by atoms with Crippen LogP contribution in [-0.2, 0) is 0 Å². The summed E-state index contributed by atoms with van der Waals surface area (Å²) in [5.41, 5.74) is 1.37. The molecule has 0 saturated carbocycles. The smallest absolute Gasteiger partial charge is 0.00976 e. The fraction of sp³-hybridized carbons (Fsp3) is 0.333. The van der Waals surface area contributed by atoms with Crippen molar-refractivity contribution < 1.29 is 0 Å². The topological polar surface area (TPSA) is 0 Å². The average Bonchev–Trinajstić information content (AvgIpc) is 2.06. The van der Waals surface area contributed by atoms with E-state index in [1.807, 2.05) is 13.0 Å². The van der Waals surface area contributed by atoms with Gasteiger partial charge in [-0.05, 0) is 25.3 Å². The summed E-state index contributed by atoms with van der Waals surface area (Å²) >= 11 is 0. The lowest BCUT2D eigenvalue weighted by Gasteiger charge is -1.95. The van der Waals surface area contributed by atoms with Crippen LogP contribution in [0.25, 0.3) is 0 Å². The first-order valence-corrected chi connectivity index (χ1v) is 4.44. The summed E-state index contributed by atoms with van der Waals surface area (Å²) in [5.74, 6) is 0. The molecule has 0 saturated heterocycles. The molecule has 66 valence electrons. The Morgan fingerprint density at radius 3 is 2.67 bits per heavy atom. The van der Waals surface area contributed by atoms with Crippen LogP contribution >= 0.6 is 0 Å². The van der Waals surface area contributed by atoms with Crippen LogP contribution in [-0.4, -0.2) is 0 Å². The number of rotatable bonds is 5. The molecule has 0 aliphatic carbocycles. The van der Waals surface area contributed by atoms with Crippen LogP contribution in [0.15, 0.2) is 48.6 Å². The zero-order chi connectivity index (χ0) is 9.23. The molecule has 0 aromatic carbocycles. The van der Waals surface area contributed by atoms with Crippen molar-refractivity contribution in [2.24, 2.45) is 0 Å². The van der Waals surface area contributed by atoms with Crippen LogP contribution < -0.4 is 0 Å². The number of hydrogen-bond acceptors (Lipinski definition) is 0. The summed E-state index contributed by atoms with van der Waals surface area (Å²) in [6.07, 6.45) is 14.5. The molecule has 0 aromatic heterocycles. The molecule has 0 heteroatoms. The van der Waals surface area contributed by atoms with Gasteiger partial charge in [-0.15, -0.1) is 0 Å². The molecule has 0 nitrogen and oxygen atoms in total. The minimum absolute atomic E-state index is 1.00. The van der Waals surface area contributed by atoms with Crippen molar-refractivity contribution in [1.82, 2.24) is 0 Å². The first kappa shape index (κ1) is 11.0. The summed E-state index contributed by atoms with van der Waals surface area (Å²) in [7, 11) is 0. The van der Waals surface area contributed by atoms with Gasteiger partial charge in [-0.3, -0.25) is 0 Å². The second kappa shape index (κ2) is 8.06. The molecule has 0 spiro atoms. The van der Waals surface area contributed by atoms with Crippen LogP contribution in [0, 0.1) is 0 Å². The number of hydrogen-bond donors (Lipinski definition) is 0. The van der Waals surface area contributed by atoms with Gasteiger partial charge in [0.1, 0.15) is 0 Å². The van der Waals surface area contributed by atoms with E-state index in [0.29, 0.717) is 0 Å². The summed E-state index contributed by atoms with van der Waals surface area (Å²) < 4.78 is 0. The van der Waals surface area contributed by atoms with E-state index in [4.69, 9.17) is 0 Å². The van der Waals surface area contributed by atoms with Crippen molar-refractivity contribution >= 4 is 0 Å². The zero-order valence-electron chi connectivity index (χ0n) is 8.09. The summed E-state index contributed by atoms with van der Waals surface area (Å²) in [6.45, 7) is 7.82. The van der Waals surface area contributed by atoms with Crippen LogP contribution in [0.2, 0.25) is 0 Å². The Labute approximate surface area is 76.0 Å². The van der Waals surface area contributed by atoms with Crippen molar-refractivity contribution in [2.45, 2.75) is 26.7 Å². The molecule has 0 aliphatic heterocycles. The van der Waals surface area contributed by atoms with Gasteiger partial charge in [0.25, 0.3) is 0 Å². The lowest BCUT2D eigenvalue weighted by molar-refractivity contribution is 1.16. The third-order valence-corrected chi connectivity index (χ3v) is 1.47. The van der Waals surface area contributed by atoms with Gasteiger partial charge in [0.2, 0.25) is 0 Å². The Bertz CT molecular complexity index is 192. The van der Waals surface area contributed by atoms with E-state index in [1.54, 1.807) is 6.08 Å². The van der Waals surface area contributed by atoms with Crippen LogP contribution in [0.5, 0.6) is 0 Å². The molecule has 0 radical (unpaired) electrons. The highest BCUT2D eigenvalue weighted by Crippen LogP contribution is 2.05. The molecule has 0 unspecified atom stereocenters. The summed E-state index contributed by atoms with van der Waals surface area (Å²) in [4.78, 5) is 0. The SMILES string of the molecule is C=C/C=C\CC(/C=C/C)=C\CC. The van der Waals surface area contributed by atoms with Gasteiger partial charge in [0.05, 0.1) is 0 Å². The molecule has 0 aliphatic rings. The molecule has 0 bridgehead atoms. The first-order chi connectivity index (χ1) is 5.85. The highest BCUT2D eigenvalue weighted by atomic mass is 13.9. The molecular weight excluding hydrogens is 144 g/mol. The quantitative estimate of drug-likeness (QED) is 0.535. The van der Waals surface area contributed by atoms with Crippen molar-refractivity contribution in [1.29, 1.82) is 0 Å². The maximum absolute atomic E-state index is 3.63. The zero-order valence-corrected chi connectivity index (χ0v) is 8.09. The second-order valence-electron chi connectivity index (χ2n) is 2.56. The van der Waals surface area contributed by atoms with Gasteiger partial charge < -0.3 is 0 Å². The molecule has 0 heterocycles. The van der Waals surface area contributed by atoms with E-state index >= 15 is 0 Å². The van der Waals surface area contributed by atoms with E-state index in [9.17, 15) is 0 Å². The Balaban J connectivity index is 4.04. The van der Waals surface area contributed by atoms with Crippen molar-refractivity contribution in [2.75, 3.05) is 0 Å². The fourth-order valence-corrected chi connectivity index (χ4v) is 0.996. The second-order valence-corrected chi connectivity index (χ2v) is 2.56. The Morgan fingerprint density at radius 2 is 2.17 bits per heavy atom. The predicted molar refractivity (Wildman–Crippen MR) is 57.1 cm³/mol. The lowest BCUT2D eigenvalue weighted by Crippen LogP contribution is -1.74. The van der Waals surface area contributed by atoms with Crippen molar-refractivity contribution in [3.63, 3.8) is 0 Å². The maximum atomic E-state index is 3.63. The van der Waals surface area contributed by atoms with Crippen molar-refractivity contribution in [3.8, 4) is 0 Å². The molecular formula is C12H18. The monoisotopic (exact) mass is 162 g/mol. The van der Waals surface area contributed by atoms with Crippen LogP contribution in [0.3, 0.4) is 0 Å². The molecule has 12 heavy (non-hydrogen) atoms. The van der Waals surface area contributed by atoms with Gasteiger partial charge >= 0.3 is 0 Å². The molecule has 0 rings (SSSR count).